The van der Waals surface area contributed by atoms with Crippen molar-refractivity contribution in [2.75, 3.05) is 19.0 Å². The van der Waals surface area contributed by atoms with Gasteiger partial charge in [-0.05, 0) is 43.3 Å². The molecule has 0 unspecified atom stereocenters. The number of nitrogens with zero attached hydrogens (tertiary/aromatic N) is 2. The van der Waals surface area contributed by atoms with Gasteiger partial charge in [-0.3, -0.25) is 4.79 Å². The highest BCUT2D eigenvalue weighted by atomic mass is 35.5. The second-order valence-electron chi connectivity index (χ2n) is 8.71. The van der Waals surface area contributed by atoms with Gasteiger partial charge in [0.25, 0.3) is 5.91 Å². The van der Waals surface area contributed by atoms with Crippen molar-refractivity contribution in [3.8, 4) is 17.2 Å². The zero-order chi connectivity index (χ0) is 23.8. The van der Waals surface area contributed by atoms with Crippen LogP contribution < -0.4 is 14.8 Å². The zero-order valence-electron chi connectivity index (χ0n) is 18.5. The molecule has 4 rings (SSSR count). The SMILES string of the molecule is COc1cc(NC(=O)c2nn(-c3ccc(Cl)cc3)cc2C)ccc1OCC1(C)CC(F)(F)C1. The van der Waals surface area contributed by atoms with Crippen molar-refractivity contribution in [3.05, 3.63) is 64.9 Å². The number of ether oxygens (including phenoxy) is 2. The van der Waals surface area contributed by atoms with Gasteiger partial charge in [0.05, 0.1) is 19.4 Å². The second kappa shape index (κ2) is 8.67. The first kappa shape index (κ1) is 23.0. The van der Waals surface area contributed by atoms with E-state index in [1.54, 1.807) is 55.1 Å². The number of anilines is 1. The highest BCUT2D eigenvalue weighted by molar-refractivity contribution is 6.30. The summed E-state index contributed by atoms with van der Waals surface area (Å²) in [6.45, 7) is 3.74. The number of carbonyl (C=O) groups is 1. The van der Waals surface area contributed by atoms with E-state index in [0.717, 1.165) is 5.69 Å². The average Bonchev–Trinajstić information content (AvgIpc) is 3.13. The third-order valence-electron chi connectivity index (χ3n) is 5.57. The van der Waals surface area contributed by atoms with E-state index in [1.165, 1.54) is 7.11 Å². The van der Waals surface area contributed by atoms with Crippen LogP contribution in [0.2, 0.25) is 5.02 Å². The summed E-state index contributed by atoms with van der Waals surface area (Å²) >= 11 is 5.93. The highest BCUT2D eigenvalue weighted by Gasteiger charge is 2.54. The van der Waals surface area contributed by atoms with Crippen LogP contribution in [0, 0.1) is 12.3 Å². The summed E-state index contributed by atoms with van der Waals surface area (Å²) in [5, 5.41) is 7.82. The summed E-state index contributed by atoms with van der Waals surface area (Å²) in [6, 6.07) is 12.1. The summed E-state index contributed by atoms with van der Waals surface area (Å²) in [6.07, 6.45) is 1.37. The number of nitrogens with one attached hydrogen (secondary N) is 1. The van der Waals surface area contributed by atoms with Gasteiger partial charge < -0.3 is 14.8 Å². The number of hydrogen-bond donors (Lipinski definition) is 1. The minimum absolute atomic E-state index is 0.159. The highest BCUT2D eigenvalue weighted by Crippen LogP contribution is 2.52. The maximum absolute atomic E-state index is 13.2. The van der Waals surface area contributed by atoms with Gasteiger partial charge >= 0.3 is 0 Å². The Balaban J connectivity index is 1.44. The lowest BCUT2D eigenvalue weighted by atomic mass is 9.68. The summed E-state index contributed by atoms with van der Waals surface area (Å²) in [4.78, 5) is 12.8. The van der Waals surface area contributed by atoms with Gasteiger partial charge in [-0.1, -0.05) is 18.5 Å². The van der Waals surface area contributed by atoms with Crippen LogP contribution in [0.3, 0.4) is 0 Å². The fourth-order valence-electron chi connectivity index (χ4n) is 4.02. The Morgan fingerprint density at radius 3 is 2.52 bits per heavy atom. The van der Waals surface area contributed by atoms with Crippen molar-refractivity contribution >= 4 is 23.2 Å². The third-order valence-corrected chi connectivity index (χ3v) is 5.82. The summed E-state index contributed by atoms with van der Waals surface area (Å²) in [5.41, 5.74) is 1.69. The number of aromatic nitrogens is 2. The largest absolute Gasteiger partial charge is 0.493 e. The normalized spacial score (nSPS) is 16.1. The number of amides is 1. The molecule has 3 aromatic rings. The first-order valence-corrected chi connectivity index (χ1v) is 10.8. The standard InChI is InChI=1S/C24H24ClF2N3O3/c1-15-11-30(18-7-4-16(25)5-8-18)29-21(15)22(31)28-17-6-9-19(20(10-17)32-3)33-14-23(2)12-24(26,27)13-23/h4-11H,12-14H2,1-3H3,(H,28,31). The van der Waals surface area contributed by atoms with E-state index in [-0.39, 0.29) is 31.0 Å². The molecular weight excluding hydrogens is 452 g/mol. The van der Waals surface area contributed by atoms with E-state index >= 15 is 0 Å². The maximum Gasteiger partial charge on any atom is 0.276 e. The predicted octanol–water partition coefficient (Wildman–Crippen LogP) is 5.91. The molecule has 0 radical (unpaired) electrons. The van der Waals surface area contributed by atoms with Gasteiger partial charge in [-0.2, -0.15) is 5.10 Å². The maximum atomic E-state index is 13.2. The second-order valence-corrected chi connectivity index (χ2v) is 9.15. The molecule has 0 saturated heterocycles. The molecule has 0 atom stereocenters. The minimum atomic E-state index is -2.62. The van der Waals surface area contributed by atoms with Crippen LogP contribution >= 0.6 is 11.6 Å². The Labute approximate surface area is 195 Å². The molecule has 0 bridgehead atoms. The summed E-state index contributed by atoms with van der Waals surface area (Å²) < 4.78 is 39.2. The van der Waals surface area contributed by atoms with Crippen LogP contribution in [0.5, 0.6) is 11.5 Å². The predicted molar refractivity (Wildman–Crippen MR) is 122 cm³/mol. The fourth-order valence-corrected chi connectivity index (χ4v) is 4.14. The van der Waals surface area contributed by atoms with Crippen molar-refractivity contribution in [1.82, 2.24) is 9.78 Å². The molecule has 6 nitrogen and oxygen atoms in total. The lowest BCUT2D eigenvalue weighted by Crippen LogP contribution is -2.47. The van der Waals surface area contributed by atoms with Crippen LogP contribution in [-0.4, -0.2) is 35.3 Å². The number of benzene rings is 2. The van der Waals surface area contributed by atoms with Gasteiger partial charge in [0, 0.05) is 46.8 Å². The third kappa shape index (κ3) is 5.11. The molecule has 1 aliphatic rings. The lowest BCUT2D eigenvalue weighted by molar-refractivity contribution is -0.164. The zero-order valence-corrected chi connectivity index (χ0v) is 19.2. The van der Waals surface area contributed by atoms with Crippen molar-refractivity contribution in [2.24, 2.45) is 5.41 Å². The van der Waals surface area contributed by atoms with Crippen molar-refractivity contribution in [2.45, 2.75) is 32.6 Å². The first-order valence-electron chi connectivity index (χ1n) is 10.4. The molecule has 1 saturated carbocycles. The Kier molecular flexibility index (Phi) is 6.05. The van der Waals surface area contributed by atoms with Gasteiger partial charge in [0.1, 0.15) is 0 Å². The molecule has 1 fully saturated rings. The van der Waals surface area contributed by atoms with Gasteiger partial charge in [0.15, 0.2) is 17.2 Å². The number of halogens is 3. The molecule has 0 aliphatic heterocycles. The topological polar surface area (TPSA) is 65.4 Å². The van der Waals surface area contributed by atoms with E-state index in [4.69, 9.17) is 21.1 Å². The van der Waals surface area contributed by atoms with Crippen molar-refractivity contribution in [1.29, 1.82) is 0 Å². The number of rotatable bonds is 7. The molecule has 9 heteroatoms. The van der Waals surface area contributed by atoms with Gasteiger partial charge in [-0.15, -0.1) is 0 Å². The molecule has 2 aromatic carbocycles. The molecule has 174 valence electrons. The monoisotopic (exact) mass is 475 g/mol. The Bertz CT molecular complexity index is 1170. The minimum Gasteiger partial charge on any atom is -0.493 e. The molecule has 1 amide bonds. The number of carbonyl (C=O) groups excluding carboxylic acids is 1. The Morgan fingerprint density at radius 2 is 1.88 bits per heavy atom. The Morgan fingerprint density at radius 1 is 1.18 bits per heavy atom. The van der Waals surface area contributed by atoms with E-state index in [1.807, 2.05) is 12.1 Å². The summed E-state index contributed by atoms with van der Waals surface area (Å²) in [7, 11) is 1.48. The van der Waals surface area contributed by atoms with Crippen LogP contribution in [0.25, 0.3) is 5.69 Å². The first-order chi connectivity index (χ1) is 15.6. The quantitative estimate of drug-likeness (QED) is 0.461. The molecule has 1 aliphatic carbocycles. The fraction of sp³-hybridized carbons (Fsp3) is 0.333. The van der Waals surface area contributed by atoms with E-state index < -0.39 is 11.3 Å². The number of hydrogen-bond acceptors (Lipinski definition) is 4. The number of alkyl halides is 2. The van der Waals surface area contributed by atoms with Crippen LogP contribution in [0.15, 0.2) is 48.7 Å². The molecular formula is C24H24ClF2N3O3. The lowest BCUT2D eigenvalue weighted by Gasteiger charge is -2.44. The molecule has 0 spiro atoms. The Hall–Kier alpha value is -3.13. The summed E-state index contributed by atoms with van der Waals surface area (Å²) in [5.74, 6) is -2.17. The smallest absolute Gasteiger partial charge is 0.276 e. The van der Waals surface area contributed by atoms with E-state index in [2.05, 4.69) is 10.4 Å². The number of aryl methyl sites for hydroxylation is 1. The van der Waals surface area contributed by atoms with Gasteiger partial charge in [-0.25, -0.2) is 13.5 Å². The number of methoxy groups -OCH3 is 1. The van der Waals surface area contributed by atoms with E-state index in [9.17, 15) is 13.6 Å². The molecule has 1 aromatic heterocycles. The van der Waals surface area contributed by atoms with Crippen molar-refractivity contribution < 1.29 is 23.0 Å². The van der Waals surface area contributed by atoms with Crippen molar-refractivity contribution in [3.63, 3.8) is 0 Å². The van der Waals surface area contributed by atoms with E-state index in [0.29, 0.717) is 27.8 Å². The molecule has 1 N–H and O–H groups in total. The average molecular weight is 476 g/mol. The van der Waals surface area contributed by atoms with Gasteiger partial charge in [0.2, 0.25) is 5.92 Å². The van der Waals surface area contributed by atoms with Crippen LogP contribution in [0.1, 0.15) is 35.8 Å². The molecule has 33 heavy (non-hydrogen) atoms. The molecule has 1 heterocycles. The van der Waals surface area contributed by atoms with Crippen LogP contribution in [0.4, 0.5) is 14.5 Å². The van der Waals surface area contributed by atoms with Crippen LogP contribution in [-0.2, 0) is 0 Å².